The second-order valence-corrected chi connectivity index (χ2v) is 9.37. The molecule has 2 aliphatic heterocycles. The van der Waals surface area contributed by atoms with Crippen LogP contribution in [0.5, 0.6) is 0 Å². The fraction of sp³-hybridized carbons (Fsp3) is 0.591. The summed E-state index contributed by atoms with van der Waals surface area (Å²) in [6.07, 6.45) is 1.17. The van der Waals surface area contributed by atoms with Crippen LogP contribution in [0, 0.1) is 5.92 Å². The Morgan fingerprint density at radius 3 is 2.77 bits per heavy atom. The number of hydrogen-bond donors (Lipinski definition) is 1. The molecule has 0 radical (unpaired) electrons. The molecule has 1 amide bonds. The first-order valence-electron chi connectivity index (χ1n) is 10.6. The summed E-state index contributed by atoms with van der Waals surface area (Å²) in [4.78, 5) is 18.8. The van der Waals surface area contributed by atoms with Gasteiger partial charge >= 0.3 is 0 Å². The molecule has 3 atom stereocenters. The lowest BCUT2D eigenvalue weighted by atomic mass is 9.85. The van der Waals surface area contributed by atoms with Crippen molar-refractivity contribution in [2.24, 2.45) is 5.92 Å². The van der Waals surface area contributed by atoms with Crippen molar-refractivity contribution in [3.63, 3.8) is 0 Å². The van der Waals surface area contributed by atoms with Gasteiger partial charge in [0.15, 0.2) is 0 Å². The maximum Gasteiger partial charge on any atom is 0.272 e. The van der Waals surface area contributed by atoms with Crippen LogP contribution < -0.4 is 5.32 Å². The molecule has 2 aliphatic rings. The Balaban J connectivity index is 1.54. The van der Waals surface area contributed by atoms with Crippen molar-refractivity contribution in [1.82, 2.24) is 19.7 Å². The lowest BCUT2D eigenvalue weighted by Crippen LogP contribution is -2.48. The fourth-order valence-corrected chi connectivity index (χ4v) is 4.42. The summed E-state index contributed by atoms with van der Waals surface area (Å²) < 4.78 is 29.3. The number of piperidine rings is 1. The van der Waals surface area contributed by atoms with Gasteiger partial charge in [0, 0.05) is 36.8 Å². The number of carbonyl (C=O) groups excluding carboxylic acids is 1. The number of pyridine rings is 1. The predicted octanol–water partition coefficient (Wildman–Crippen LogP) is 4.12. The minimum absolute atomic E-state index is 0.0958. The molecule has 0 aromatic carbocycles. The van der Waals surface area contributed by atoms with E-state index < -0.39 is 12.5 Å². The SMILES string of the molecule is CC(C)(C)c1cc2n(n1)[C@@H](C(F)F)C[C@@H](C1CCCN(C(=O)c3ccccn3)C1)N2. The smallest absolute Gasteiger partial charge is 0.272 e. The molecule has 4 rings (SSSR count). The van der Waals surface area contributed by atoms with Gasteiger partial charge in [0.1, 0.15) is 17.6 Å². The van der Waals surface area contributed by atoms with E-state index in [1.807, 2.05) is 31.7 Å². The minimum Gasteiger partial charge on any atom is -0.367 e. The van der Waals surface area contributed by atoms with Crippen LogP contribution >= 0.6 is 0 Å². The molecule has 8 heteroatoms. The second-order valence-electron chi connectivity index (χ2n) is 9.37. The van der Waals surface area contributed by atoms with Crippen LogP contribution in [0.3, 0.4) is 0 Å². The molecule has 1 fully saturated rings. The van der Waals surface area contributed by atoms with Crippen molar-refractivity contribution < 1.29 is 13.6 Å². The summed E-state index contributed by atoms with van der Waals surface area (Å²) in [6, 6.07) is 6.10. The van der Waals surface area contributed by atoms with Crippen molar-refractivity contribution >= 4 is 11.7 Å². The Morgan fingerprint density at radius 2 is 2.10 bits per heavy atom. The van der Waals surface area contributed by atoms with E-state index in [2.05, 4.69) is 15.4 Å². The monoisotopic (exact) mass is 417 g/mol. The Morgan fingerprint density at radius 1 is 1.30 bits per heavy atom. The molecule has 0 bridgehead atoms. The van der Waals surface area contributed by atoms with Gasteiger partial charge in [-0.3, -0.25) is 9.78 Å². The van der Waals surface area contributed by atoms with Crippen molar-refractivity contribution in [3.05, 3.63) is 41.9 Å². The molecule has 1 unspecified atom stereocenters. The minimum atomic E-state index is -2.49. The van der Waals surface area contributed by atoms with Gasteiger partial charge < -0.3 is 10.2 Å². The molecular formula is C22H29F2N5O. The zero-order chi connectivity index (χ0) is 21.5. The van der Waals surface area contributed by atoms with E-state index in [1.165, 1.54) is 4.68 Å². The number of amides is 1. The predicted molar refractivity (Wildman–Crippen MR) is 111 cm³/mol. The number of anilines is 1. The number of rotatable bonds is 3. The third-order valence-corrected chi connectivity index (χ3v) is 6.14. The highest BCUT2D eigenvalue weighted by molar-refractivity contribution is 5.92. The van der Waals surface area contributed by atoms with Crippen LogP contribution in [0.25, 0.3) is 0 Å². The molecule has 2 aromatic rings. The first kappa shape index (κ1) is 20.8. The quantitative estimate of drug-likeness (QED) is 0.816. The Kier molecular flexibility index (Phi) is 5.51. The summed E-state index contributed by atoms with van der Waals surface area (Å²) in [5.41, 5.74) is 1.00. The summed E-state index contributed by atoms with van der Waals surface area (Å²) in [6.45, 7) is 7.29. The number of nitrogens with zero attached hydrogens (tertiary/aromatic N) is 4. The Bertz CT molecular complexity index is 893. The molecule has 162 valence electrons. The van der Waals surface area contributed by atoms with Crippen LogP contribution in [0.1, 0.15) is 62.3 Å². The van der Waals surface area contributed by atoms with Gasteiger partial charge in [-0.05, 0) is 37.3 Å². The van der Waals surface area contributed by atoms with Gasteiger partial charge in [-0.15, -0.1) is 0 Å². The molecule has 0 saturated carbocycles. The number of carbonyl (C=O) groups is 1. The molecular weight excluding hydrogens is 388 g/mol. The van der Waals surface area contributed by atoms with Crippen molar-refractivity contribution in [3.8, 4) is 0 Å². The number of alkyl halides is 2. The van der Waals surface area contributed by atoms with Gasteiger partial charge in [-0.1, -0.05) is 26.8 Å². The maximum absolute atomic E-state index is 13.9. The fourth-order valence-electron chi connectivity index (χ4n) is 4.42. The highest BCUT2D eigenvalue weighted by Crippen LogP contribution is 2.38. The van der Waals surface area contributed by atoms with Crippen LogP contribution in [0.2, 0.25) is 0 Å². The number of halogens is 2. The van der Waals surface area contributed by atoms with Crippen LogP contribution in [0.15, 0.2) is 30.5 Å². The van der Waals surface area contributed by atoms with E-state index in [0.717, 1.165) is 18.5 Å². The number of fused-ring (bicyclic) bond motifs is 1. The first-order chi connectivity index (χ1) is 14.2. The van der Waals surface area contributed by atoms with Crippen LogP contribution in [-0.4, -0.2) is 51.1 Å². The van der Waals surface area contributed by atoms with Gasteiger partial charge in [0.2, 0.25) is 0 Å². The largest absolute Gasteiger partial charge is 0.367 e. The number of likely N-dealkylation sites (tertiary alicyclic amines) is 1. The lowest BCUT2D eigenvalue weighted by Gasteiger charge is -2.41. The van der Waals surface area contributed by atoms with E-state index in [1.54, 1.807) is 24.4 Å². The number of aromatic nitrogens is 3. The normalized spacial score (nSPS) is 24.5. The van der Waals surface area contributed by atoms with Gasteiger partial charge in [0.25, 0.3) is 12.3 Å². The molecule has 0 aliphatic carbocycles. The van der Waals surface area contributed by atoms with E-state index in [4.69, 9.17) is 0 Å². The molecule has 2 aromatic heterocycles. The maximum atomic E-state index is 13.9. The van der Waals surface area contributed by atoms with Crippen molar-refractivity contribution in [2.45, 2.75) is 64.0 Å². The summed E-state index contributed by atoms with van der Waals surface area (Å²) in [5, 5.41) is 7.95. The van der Waals surface area contributed by atoms with Gasteiger partial charge in [-0.25, -0.2) is 13.5 Å². The lowest BCUT2D eigenvalue weighted by molar-refractivity contribution is 0.0502. The topological polar surface area (TPSA) is 63.1 Å². The number of nitrogens with one attached hydrogen (secondary N) is 1. The highest BCUT2D eigenvalue weighted by Gasteiger charge is 2.39. The zero-order valence-corrected chi connectivity index (χ0v) is 17.7. The number of hydrogen-bond acceptors (Lipinski definition) is 4. The third kappa shape index (κ3) is 4.04. The zero-order valence-electron chi connectivity index (χ0n) is 17.7. The summed E-state index contributed by atoms with van der Waals surface area (Å²) >= 11 is 0. The van der Waals surface area contributed by atoms with Crippen LogP contribution in [-0.2, 0) is 5.41 Å². The first-order valence-corrected chi connectivity index (χ1v) is 10.6. The van der Waals surface area contributed by atoms with Crippen molar-refractivity contribution in [1.29, 1.82) is 0 Å². The van der Waals surface area contributed by atoms with Gasteiger partial charge in [0.05, 0.1) is 5.69 Å². The van der Waals surface area contributed by atoms with Gasteiger partial charge in [-0.2, -0.15) is 5.10 Å². The molecule has 1 saturated heterocycles. The Labute approximate surface area is 175 Å². The van der Waals surface area contributed by atoms with E-state index in [-0.39, 0.29) is 23.3 Å². The van der Waals surface area contributed by atoms with Crippen molar-refractivity contribution in [2.75, 3.05) is 18.4 Å². The average molecular weight is 418 g/mol. The van der Waals surface area contributed by atoms with E-state index in [9.17, 15) is 13.6 Å². The molecule has 30 heavy (non-hydrogen) atoms. The van der Waals surface area contributed by atoms with E-state index in [0.29, 0.717) is 31.0 Å². The third-order valence-electron chi connectivity index (χ3n) is 6.14. The van der Waals surface area contributed by atoms with E-state index >= 15 is 0 Å². The molecule has 1 N–H and O–H groups in total. The Hall–Kier alpha value is -2.51. The average Bonchev–Trinajstić information content (AvgIpc) is 3.18. The molecule has 6 nitrogen and oxygen atoms in total. The highest BCUT2D eigenvalue weighted by atomic mass is 19.3. The summed E-state index contributed by atoms with van der Waals surface area (Å²) in [7, 11) is 0. The molecule has 0 spiro atoms. The van der Waals surface area contributed by atoms with Crippen LogP contribution in [0.4, 0.5) is 14.6 Å². The second kappa shape index (κ2) is 7.96. The standard InChI is InChI=1S/C22H29F2N5O/c1-22(2,3)18-12-19-26-16(11-17(20(23)24)29(19)27-18)14-7-6-10-28(13-14)21(30)15-8-4-5-9-25-15/h4-5,8-9,12,14,16-17,20,26H,6-7,10-11,13H2,1-3H3/t14?,16-,17+/m0/s1. The summed E-state index contributed by atoms with van der Waals surface area (Å²) in [5.74, 6) is 0.658. The molecule has 4 heterocycles.